The molecule has 5 heteroatoms. The summed E-state index contributed by atoms with van der Waals surface area (Å²) in [7, 11) is 0. The van der Waals surface area contributed by atoms with E-state index >= 15 is 0 Å². The van der Waals surface area contributed by atoms with E-state index in [1.54, 1.807) is 11.8 Å². The first-order chi connectivity index (χ1) is 8.56. The third-order valence-corrected chi connectivity index (χ3v) is 3.63. The lowest BCUT2D eigenvalue weighted by molar-refractivity contribution is -0.123. The van der Waals surface area contributed by atoms with Crippen molar-refractivity contribution in [2.24, 2.45) is 5.73 Å². The molecule has 1 unspecified atom stereocenters. The molecular formula is C14H23ClN2OS. The molecule has 0 bridgehead atoms. The van der Waals surface area contributed by atoms with Gasteiger partial charge in [0.2, 0.25) is 5.91 Å². The summed E-state index contributed by atoms with van der Waals surface area (Å²) in [6, 6.07) is 7.65. The smallest absolute Gasteiger partial charge is 0.237 e. The summed E-state index contributed by atoms with van der Waals surface area (Å²) < 4.78 is 0. The minimum Gasteiger partial charge on any atom is -0.348 e. The molecule has 108 valence electrons. The zero-order valence-corrected chi connectivity index (χ0v) is 13.3. The Balaban J connectivity index is 0.00000324. The van der Waals surface area contributed by atoms with Gasteiger partial charge in [-0.05, 0) is 43.4 Å². The van der Waals surface area contributed by atoms with Gasteiger partial charge < -0.3 is 11.1 Å². The molecule has 0 aliphatic rings. The van der Waals surface area contributed by atoms with Crippen LogP contribution in [0, 0.1) is 6.92 Å². The second-order valence-electron chi connectivity index (χ2n) is 4.47. The number of benzene rings is 1. The van der Waals surface area contributed by atoms with E-state index in [4.69, 9.17) is 5.73 Å². The summed E-state index contributed by atoms with van der Waals surface area (Å²) in [6.07, 6.45) is 2.73. The van der Waals surface area contributed by atoms with Crippen molar-refractivity contribution in [3.63, 3.8) is 0 Å². The number of carbonyl (C=O) groups excluding carboxylic acids is 1. The molecule has 3 N–H and O–H groups in total. The number of carbonyl (C=O) groups is 1. The molecule has 3 nitrogen and oxygen atoms in total. The number of aryl methyl sites for hydroxylation is 1. The standard InChI is InChI=1S/C14H22N2OS.ClH/c1-10-6-4-5-7-12(10)11(2)16-14(17)13(15)8-9-18-3;/h4-7,11,13H,8-9,15H2,1-3H3,(H,16,17);1H/t11?,13-;/m0./s1. The molecular weight excluding hydrogens is 280 g/mol. The first-order valence-corrected chi connectivity index (χ1v) is 7.56. The highest BCUT2D eigenvalue weighted by molar-refractivity contribution is 7.98. The summed E-state index contributed by atoms with van der Waals surface area (Å²) in [5.41, 5.74) is 8.17. The topological polar surface area (TPSA) is 55.1 Å². The molecule has 0 fully saturated rings. The zero-order valence-electron chi connectivity index (χ0n) is 11.7. The fourth-order valence-corrected chi connectivity index (χ4v) is 2.34. The number of nitrogens with one attached hydrogen (secondary N) is 1. The first-order valence-electron chi connectivity index (χ1n) is 6.16. The van der Waals surface area contributed by atoms with Gasteiger partial charge in [0, 0.05) is 0 Å². The van der Waals surface area contributed by atoms with Crippen molar-refractivity contribution in [1.29, 1.82) is 0 Å². The fourth-order valence-electron chi connectivity index (χ4n) is 1.85. The minimum absolute atomic E-state index is 0. The molecule has 0 spiro atoms. The van der Waals surface area contributed by atoms with Crippen molar-refractivity contribution in [1.82, 2.24) is 5.32 Å². The Morgan fingerprint density at radius 1 is 1.42 bits per heavy atom. The van der Waals surface area contributed by atoms with Crippen LogP contribution >= 0.6 is 24.2 Å². The zero-order chi connectivity index (χ0) is 13.5. The Hall–Kier alpha value is -0.710. The number of halogens is 1. The lowest BCUT2D eigenvalue weighted by atomic mass is 10.0. The molecule has 1 aromatic rings. The van der Waals surface area contributed by atoms with Crippen LogP contribution in [0.4, 0.5) is 0 Å². The van der Waals surface area contributed by atoms with Gasteiger partial charge in [0.15, 0.2) is 0 Å². The van der Waals surface area contributed by atoms with Crippen LogP contribution in [0.1, 0.15) is 30.5 Å². The third kappa shape index (κ3) is 5.85. The SMILES string of the molecule is CSCC[C@H](N)C(=O)NC(C)c1ccccc1C.Cl. The molecule has 1 amide bonds. The van der Waals surface area contributed by atoms with Gasteiger partial charge in [-0.1, -0.05) is 24.3 Å². The predicted molar refractivity (Wildman–Crippen MR) is 86.0 cm³/mol. The summed E-state index contributed by atoms with van der Waals surface area (Å²) in [5.74, 6) is 0.840. The van der Waals surface area contributed by atoms with E-state index in [0.29, 0.717) is 6.42 Å². The van der Waals surface area contributed by atoms with Crippen LogP contribution in [0.3, 0.4) is 0 Å². The van der Waals surface area contributed by atoms with Crippen LogP contribution in [0.15, 0.2) is 24.3 Å². The van der Waals surface area contributed by atoms with Gasteiger partial charge in [-0.2, -0.15) is 11.8 Å². The van der Waals surface area contributed by atoms with Gasteiger partial charge in [-0.3, -0.25) is 4.79 Å². The normalized spacial score (nSPS) is 13.3. The van der Waals surface area contributed by atoms with E-state index in [2.05, 4.69) is 5.32 Å². The van der Waals surface area contributed by atoms with E-state index in [-0.39, 0.29) is 24.4 Å². The van der Waals surface area contributed by atoms with Gasteiger partial charge in [-0.15, -0.1) is 12.4 Å². The molecule has 0 aliphatic heterocycles. The van der Waals surface area contributed by atoms with E-state index in [1.807, 2.05) is 44.4 Å². The second kappa shape index (κ2) is 9.23. The van der Waals surface area contributed by atoms with Crippen LogP contribution in [-0.2, 0) is 4.79 Å². The maximum Gasteiger partial charge on any atom is 0.237 e. The Kier molecular flexibility index (Phi) is 8.89. The highest BCUT2D eigenvalue weighted by atomic mass is 35.5. The highest BCUT2D eigenvalue weighted by Gasteiger charge is 2.16. The highest BCUT2D eigenvalue weighted by Crippen LogP contribution is 2.16. The minimum atomic E-state index is -0.413. The number of nitrogens with two attached hydrogens (primary N) is 1. The number of hydrogen-bond acceptors (Lipinski definition) is 3. The lowest BCUT2D eigenvalue weighted by Crippen LogP contribution is -2.42. The second-order valence-corrected chi connectivity index (χ2v) is 5.46. The molecule has 1 aromatic carbocycles. The van der Waals surface area contributed by atoms with Crippen LogP contribution in [-0.4, -0.2) is 24.0 Å². The lowest BCUT2D eigenvalue weighted by Gasteiger charge is -2.19. The largest absolute Gasteiger partial charge is 0.348 e. The van der Waals surface area contributed by atoms with Crippen molar-refractivity contribution in [3.05, 3.63) is 35.4 Å². The summed E-state index contributed by atoms with van der Waals surface area (Å²) in [4.78, 5) is 11.9. The van der Waals surface area contributed by atoms with Gasteiger partial charge in [0.1, 0.15) is 0 Å². The van der Waals surface area contributed by atoms with Crippen LogP contribution in [0.2, 0.25) is 0 Å². The third-order valence-electron chi connectivity index (χ3n) is 2.98. The van der Waals surface area contributed by atoms with E-state index in [9.17, 15) is 4.79 Å². The Morgan fingerprint density at radius 2 is 2.05 bits per heavy atom. The monoisotopic (exact) mass is 302 g/mol. The molecule has 2 atom stereocenters. The predicted octanol–water partition coefficient (Wildman–Crippen LogP) is 2.67. The van der Waals surface area contributed by atoms with Crippen molar-refractivity contribution >= 4 is 30.1 Å². The molecule has 0 radical (unpaired) electrons. The Labute approximate surface area is 126 Å². The van der Waals surface area contributed by atoms with Crippen molar-refractivity contribution in [2.45, 2.75) is 32.4 Å². The molecule has 0 aliphatic carbocycles. The average Bonchev–Trinajstić information content (AvgIpc) is 2.36. The molecule has 1 rings (SSSR count). The molecule has 0 saturated carbocycles. The maximum absolute atomic E-state index is 11.9. The van der Waals surface area contributed by atoms with E-state index in [1.165, 1.54) is 5.56 Å². The molecule has 0 saturated heterocycles. The summed E-state index contributed by atoms with van der Waals surface area (Å²) in [6.45, 7) is 4.03. The van der Waals surface area contributed by atoms with Crippen molar-refractivity contribution in [3.8, 4) is 0 Å². The summed E-state index contributed by atoms with van der Waals surface area (Å²) >= 11 is 1.71. The number of hydrogen-bond donors (Lipinski definition) is 2. The number of rotatable bonds is 6. The van der Waals surface area contributed by atoms with Crippen molar-refractivity contribution < 1.29 is 4.79 Å². The van der Waals surface area contributed by atoms with Gasteiger partial charge in [-0.25, -0.2) is 0 Å². The van der Waals surface area contributed by atoms with E-state index in [0.717, 1.165) is 11.3 Å². The maximum atomic E-state index is 11.9. The number of thioether (sulfide) groups is 1. The van der Waals surface area contributed by atoms with Crippen LogP contribution < -0.4 is 11.1 Å². The van der Waals surface area contributed by atoms with Gasteiger partial charge >= 0.3 is 0 Å². The molecule has 0 heterocycles. The average molecular weight is 303 g/mol. The van der Waals surface area contributed by atoms with Gasteiger partial charge in [0.05, 0.1) is 12.1 Å². The fraction of sp³-hybridized carbons (Fsp3) is 0.500. The Morgan fingerprint density at radius 3 is 2.63 bits per heavy atom. The van der Waals surface area contributed by atoms with Crippen LogP contribution in [0.5, 0.6) is 0 Å². The Bertz CT molecular complexity index is 401. The first kappa shape index (κ1) is 18.3. The molecule has 19 heavy (non-hydrogen) atoms. The molecule has 0 aromatic heterocycles. The van der Waals surface area contributed by atoms with Crippen LogP contribution in [0.25, 0.3) is 0 Å². The van der Waals surface area contributed by atoms with Gasteiger partial charge in [0.25, 0.3) is 0 Å². The quantitative estimate of drug-likeness (QED) is 0.849. The van der Waals surface area contributed by atoms with Crippen molar-refractivity contribution in [2.75, 3.05) is 12.0 Å². The summed E-state index contributed by atoms with van der Waals surface area (Å²) in [5, 5.41) is 2.97. The number of amides is 1. The van der Waals surface area contributed by atoms with E-state index < -0.39 is 6.04 Å².